The highest BCUT2D eigenvalue weighted by molar-refractivity contribution is 5.79. The molecule has 1 aliphatic heterocycles. The zero-order valence-corrected chi connectivity index (χ0v) is 18.8. The van der Waals surface area contributed by atoms with Gasteiger partial charge in [0.1, 0.15) is 6.26 Å². The van der Waals surface area contributed by atoms with Crippen LogP contribution in [0.1, 0.15) is 23.7 Å². The van der Waals surface area contributed by atoms with Crippen LogP contribution in [0.2, 0.25) is 0 Å². The lowest BCUT2D eigenvalue weighted by Crippen LogP contribution is -2.40. The summed E-state index contributed by atoms with van der Waals surface area (Å²) in [6.07, 6.45) is 1.98. The van der Waals surface area contributed by atoms with Gasteiger partial charge < -0.3 is 19.8 Å². The van der Waals surface area contributed by atoms with Crippen LogP contribution in [0.25, 0.3) is 11.5 Å². The van der Waals surface area contributed by atoms with Gasteiger partial charge in [0.15, 0.2) is 5.96 Å². The van der Waals surface area contributed by atoms with E-state index < -0.39 is 0 Å². The van der Waals surface area contributed by atoms with Crippen molar-refractivity contribution in [3.05, 3.63) is 77.7 Å². The zero-order chi connectivity index (χ0) is 22.2. The molecule has 1 saturated heterocycles. The number of guanidine groups is 1. The number of oxazole rings is 1. The summed E-state index contributed by atoms with van der Waals surface area (Å²) in [6, 6.07) is 18.6. The molecule has 4 rings (SSSR count). The maximum absolute atomic E-state index is 5.64. The molecule has 1 fully saturated rings. The minimum Gasteiger partial charge on any atom is -0.444 e. The molecular weight excluding hydrogens is 402 g/mol. The molecule has 0 saturated carbocycles. The van der Waals surface area contributed by atoms with E-state index >= 15 is 0 Å². The standard InChI is InChI=1S/C25H31N5O2/c1-19-16-30(11-12-31-19)17-21-8-6-7-20(13-21)14-27-25(26-2)28-15-23-18-32-24(29-23)22-9-4-3-5-10-22/h3-10,13,18-19H,11-12,14-17H2,1-2H3,(H2,26,27,28). The molecular formula is C25H31N5O2. The van der Waals surface area contributed by atoms with E-state index in [-0.39, 0.29) is 0 Å². The number of aliphatic imine (C=N–C) groups is 1. The van der Waals surface area contributed by atoms with E-state index in [1.165, 1.54) is 11.1 Å². The second-order valence-corrected chi connectivity index (χ2v) is 8.03. The van der Waals surface area contributed by atoms with E-state index in [1.54, 1.807) is 13.3 Å². The Bertz CT molecular complexity index is 1020. The molecule has 3 aromatic rings. The average Bonchev–Trinajstić information content (AvgIpc) is 3.29. The third kappa shape index (κ3) is 6.18. The van der Waals surface area contributed by atoms with Gasteiger partial charge in [-0.3, -0.25) is 9.89 Å². The maximum atomic E-state index is 5.64. The zero-order valence-electron chi connectivity index (χ0n) is 18.8. The monoisotopic (exact) mass is 433 g/mol. The van der Waals surface area contributed by atoms with Crippen molar-refractivity contribution in [2.75, 3.05) is 26.7 Å². The molecule has 1 unspecified atom stereocenters. The number of nitrogens with one attached hydrogen (secondary N) is 2. The smallest absolute Gasteiger partial charge is 0.226 e. The molecule has 0 amide bonds. The van der Waals surface area contributed by atoms with E-state index in [4.69, 9.17) is 9.15 Å². The molecule has 32 heavy (non-hydrogen) atoms. The predicted molar refractivity (Wildman–Crippen MR) is 126 cm³/mol. The van der Waals surface area contributed by atoms with Crippen LogP contribution in [-0.2, 0) is 24.4 Å². The van der Waals surface area contributed by atoms with Gasteiger partial charge in [0.05, 0.1) is 24.9 Å². The first kappa shape index (κ1) is 22.0. The van der Waals surface area contributed by atoms with Crippen molar-refractivity contribution >= 4 is 5.96 Å². The van der Waals surface area contributed by atoms with E-state index in [0.717, 1.165) is 43.5 Å². The summed E-state index contributed by atoms with van der Waals surface area (Å²) >= 11 is 0. The van der Waals surface area contributed by atoms with Gasteiger partial charge in [0.2, 0.25) is 5.89 Å². The van der Waals surface area contributed by atoms with Crippen molar-refractivity contribution in [1.29, 1.82) is 0 Å². The Balaban J connectivity index is 1.27. The van der Waals surface area contributed by atoms with Crippen molar-refractivity contribution in [3.63, 3.8) is 0 Å². The van der Waals surface area contributed by atoms with Crippen molar-refractivity contribution in [2.45, 2.75) is 32.7 Å². The van der Waals surface area contributed by atoms with Crippen LogP contribution in [0.5, 0.6) is 0 Å². The maximum Gasteiger partial charge on any atom is 0.226 e. The van der Waals surface area contributed by atoms with Gasteiger partial charge in [-0.25, -0.2) is 4.98 Å². The third-order valence-electron chi connectivity index (χ3n) is 5.42. The quantitative estimate of drug-likeness (QED) is 0.439. The Morgan fingerprint density at radius 1 is 1.09 bits per heavy atom. The number of rotatable bonds is 7. The SMILES string of the molecule is CN=C(NCc1cccc(CN2CCOC(C)C2)c1)NCc1coc(-c2ccccc2)n1. The summed E-state index contributed by atoms with van der Waals surface area (Å²) in [7, 11) is 1.77. The Labute approximate surface area is 189 Å². The average molecular weight is 434 g/mol. The summed E-state index contributed by atoms with van der Waals surface area (Å²) in [4.78, 5) is 11.3. The molecule has 2 heterocycles. The molecule has 1 aromatic heterocycles. The van der Waals surface area contributed by atoms with Gasteiger partial charge in [0, 0.05) is 38.8 Å². The van der Waals surface area contributed by atoms with Crippen LogP contribution in [0.3, 0.4) is 0 Å². The number of morpholine rings is 1. The van der Waals surface area contributed by atoms with E-state index in [0.29, 0.717) is 25.1 Å². The lowest BCUT2D eigenvalue weighted by atomic mass is 10.1. The van der Waals surface area contributed by atoms with Crippen molar-refractivity contribution < 1.29 is 9.15 Å². The number of hydrogen-bond acceptors (Lipinski definition) is 5. The molecule has 0 bridgehead atoms. The highest BCUT2D eigenvalue weighted by Gasteiger charge is 2.16. The molecule has 7 heteroatoms. The Hall–Kier alpha value is -3.16. The Morgan fingerprint density at radius 3 is 2.72 bits per heavy atom. The minimum absolute atomic E-state index is 0.302. The largest absolute Gasteiger partial charge is 0.444 e. The van der Waals surface area contributed by atoms with Gasteiger partial charge in [-0.05, 0) is 30.2 Å². The lowest BCUT2D eigenvalue weighted by molar-refractivity contribution is -0.0212. The normalized spacial score (nSPS) is 17.3. The second-order valence-electron chi connectivity index (χ2n) is 8.03. The van der Waals surface area contributed by atoms with E-state index in [1.807, 2.05) is 30.3 Å². The number of aromatic nitrogens is 1. The molecule has 2 N–H and O–H groups in total. The first-order chi connectivity index (χ1) is 15.7. The number of benzene rings is 2. The number of nitrogens with zero attached hydrogens (tertiary/aromatic N) is 3. The van der Waals surface area contributed by atoms with Crippen LogP contribution >= 0.6 is 0 Å². The van der Waals surface area contributed by atoms with Crippen LogP contribution in [-0.4, -0.2) is 48.7 Å². The van der Waals surface area contributed by atoms with E-state index in [2.05, 4.69) is 56.7 Å². The third-order valence-corrected chi connectivity index (χ3v) is 5.42. The summed E-state index contributed by atoms with van der Waals surface area (Å²) in [5, 5.41) is 6.68. The van der Waals surface area contributed by atoms with Crippen LogP contribution in [0, 0.1) is 0 Å². The van der Waals surface area contributed by atoms with Gasteiger partial charge in [0.25, 0.3) is 0 Å². The predicted octanol–water partition coefficient (Wildman–Crippen LogP) is 3.43. The van der Waals surface area contributed by atoms with Crippen molar-refractivity contribution in [2.24, 2.45) is 4.99 Å². The molecule has 2 aromatic carbocycles. The molecule has 0 radical (unpaired) electrons. The number of hydrogen-bond donors (Lipinski definition) is 2. The highest BCUT2D eigenvalue weighted by Crippen LogP contribution is 2.17. The number of ether oxygens (including phenoxy) is 1. The summed E-state index contributed by atoms with van der Waals surface area (Å²) in [5.41, 5.74) is 4.33. The second kappa shape index (κ2) is 10.9. The first-order valence-corrected chi connectivity index (χ1v) is 11.1. The van der Waals surface area contributed by atoms with Gasteiger partial charge in [-0.2, -0.15) is 0 Å². The van der Waals surface area contributed by atoms with Gasteiger partial charge in [-0.15, -0.1) is 0 Å². The highest BCUT2D eigenvalue weighted by atomic mass is 16.5. The minimum atomic E-state index is 0.302. The molecule has 0 aliphatic carbocycles. The first-order valence-electron chi connectivity index (χ1n) is 11.1. The molecule has 168 valence electrons. The fourth-order valence-electron chi connectivity index (χ4n) is 3.81. The van der Waals surface area contributed by atoms with E-state index in [9.17, 15) is 0 Å². The summed E-state index contributed by atoms with van der Waals surface area (Å²) in [6.45, 7) is 7.08. The Kier molecular flexibility index (Phi) is 7.53. The van der Waals surface area contributed by atoms with Crippen LogP contribution in [0.15, 0.2) is 70.3 Å². The molecule has 1 atom stereocenters. The lowest BCUT2D eigenvalue weighted by Gasteiger charge is -2.31. The van der Waals surface area contributed by atoms with Crippen LogP contribution < -0.4 is 10.6 Å². The summed E-state index contributed by atoms with van der Waals surface area (Å²) < 4.78 is 11.2. The fourth-order valence-corrected chi connectivity index (χ4v) is 3.81. The van der Waals surface area contributed by atoms with Crippen molar-refractivity contribution in [3.8, 4) is 11.5 Å². The fraction of sp³-hybridized carbons (Fsp3) is 0.360. The summed E-state index contributed by atoms with van der Waals surface area (Å²) in [5.74, 6) is 1.35. The van der Waals surface area contributed by atoms with Gasteiger partial charge in [-0.1, -0.05) is 42.5 Å². The Morgan fingerprint density at radius 2 is 1.91 bits per heavy atom. The van der Waals surface area contributed by atoms with Gasteiger partial charge >= 0.3 is 0 Å². The topological polar surface area (TPSA) is 74.9 Å². The molecule has 0 spiro atoms. The van der Waals surface area contributed by atoms with Crippen molar-refractivity contribution in [1.82, 2.24) is 20.5 Å². The van der Waals surface area contributed by atoms with Crippen LogP contribution in [0.4, 0.5) is 0 Å². The molecule has 7 nitrogen and oxygen atoms in total. The molecule has 1 aliphatic rings.